The molecule has 10 heteroatoms. The van der Waals surface area contributed by atoms with Crippen LogP contribution < -0.4 is 15.1 Å². The zero-order chi connectivity index (χ0) is 22.1. The van der Waals surface area contributed by atoms with Gasteiger partial charge in [-0.1, -0.05) is 0 Å². The fourth-order valence-electron chi connectivity index (χ4n) is 3.23. The lowest BCUT2D eigenvalue weighted by atomic mass is 10.1. The number of nitrogens with zero attached hydrogens (tertiary/aromatic N) is 3. The SMILES string of the molecule is CNC(=O)c1ccc(N2CCCN(c3ccc(C#N)c(C(F)(F)F)c3)C2=O)cc1F. The van der Waals surface area contributed by atoms with Crippen molar-refractivity contribution in [3.8, 4) is 6.07 Å². The first kappa shape index (κ1) is 21.1. The number of benzene rings is 2. The van der Waals surface area contributed by atoms with Gasteiger partial charge in [0.1, 0.15) is 5.82 Å². The van der Waals surface area contributed by atoms with E-state index < -0.39 is 35.1 Å². The standard InChI is InChI=1S/C20H16F4N4O2/c1-26-18(29)15-6-5-14(10-17(15)21)28-8-2-7-27(19(28)30)13-4-3-12(11-25)16(9-13)20(22,23)24/h3-6,9-10H,2,7-8H2,1H3,(H,26,29). The fourth-order valence-corrected chi connectivity index (χ4v) is 3.23. The van der Waals surface area contributed by atoms with E-state index >= 15 is 0 Å². The molecule has 2 aromatic rings. The molecule has 1 aliphatic heterocycles. The molecule has 0 radical (unpaired) electrons. The highest BCUT2D eigenvalue weighted by molar-refractivity contribution is 6.05. The van der Waals surface area contributed by atoms with Crippen molar-refractivity contribution in [2.24, 2.45) is 0 Å². The average Bonchev–Trinajstić information content (AvgIpc) is 2.72. The first-order chi connectivity index (χ1) is 14.2. The number of amides is 3. The monoisotopic (exact) mass is 420 g/mol. The highest BCUT2D eigenvalue weighted by Crippen LogP contribution is 2.35. The molecule has 3 amide bonds. The number of carbonyl (C=O) groups is 2. The summed E-state index contributed by atoms with van der Waals surface area (Å²) in [4.78, 5) is 26.9. The summed E-state index contributed by atoms with van der Waals surface area (Å²) >= 11 is 0. The van der Waals surface area contributed by atoms with Gasteiger partial charge in [-0.25, -0.2) is 9.18 Å². The zero-order valence-electron chi connectivity index (χ0n) is 15.8. The normalized spacial score (nSPS) is 14.5. The Kier molecular flexibility index (Phi) is 5.64. The van der Waals surface area contributed by atoms with E-state index in [4.69, 9.17) is 5.26 Å². The van der Waals surface area contributed by atoms with E-state index in [1.165, 1.54) is 36.2 Å². The smallest absolute Gasteiger partial charge is 0.355 e. The number of hydrogen-bond donors (Lipinski definition) is 1. The predicted octanol–water partition coefficient (Wildman–Crippen LogP) is 3.91. The molecule has 2 aromatic carbocycles. The Hall–Kier alpha value is -3.61. The first-order valence-electron chi connectivity index (χ1n) is 8.89. The van der Waals surface area contributed by atoms with Crippen LogP contribution in [0.1, 0.15) is 27.9 Å². The van der Waals surface area contributed by atoms with Crippen molar-refractivity contribution in [2.45, 2.75) is 12.6 Å². The van der Waals surface area contributed by atoms with E-state index in [-0.39, 0.29) is 30.0 Å². The maximum absolute atomic E-state index is 14.3. The summed E-state index contributed by atoms with van der Waals surface area (Å²) < 4.78 is 54.1. The van der Waals surface area contributed by atoms with E-state index in [1.807, 2.05) is 0 Å². The van der Waals surface area contributed by atoms with Crippen LogP contribution in [0.5, 0.6) is 0 Å². The second kappa shape index (κ2) is 8.02. The van der Waals surface area contributed by atoms with Gasteiger partial charge in [0, 0.05) is 31.5 Å². The average molecular weight is 420 g/mol. The number of nitrogens with one attached hydrogen (secondary N) is 1. The van der Waals surface area contributed by atoms with Gasteiger partial charge in [0.25, 0.3) is 5.91 Å². The van der Waals surface area contributed by atoms with Crippen LogP contribution in [-0.4, -0.2) is 32.1 Å². The molecule has 1 fully saturated rings. The minimum Gasteiger partial charge on any atom is -0.355 e. The highest BCUT2D eigenvalue weighted by atomic mass is 19.4. The lowest BCUT2D eigenvalue weighted by Crippen LogP contribution is -2.49. The van der Waals surface area contributed by atoms with E-state index in [0.717, 1.165) is 23.1 Å². The van der Waals surface area contributed by atoms with Gasteiger partial charge < -0.3 is 5.32 Å². The summed E-state index contributed by atoms with van der Waals surface area (Å²) in [7, 11) is 1.36. The number of anilines is 2. The Balaban J connectivity index is 1.94. The number of halogens is 4. The van der Waals surface area contributed by atoms with Crippen LogP contribution in [0.25, 0.3) is 0 Å². The third kappa shape index (κ3) is 3.91. The van der Waals surface area contributed by atoms with Crippen LogP contribution in [0.2, 0.25) is 0 Å². The van der Waals surface area contributed by atoms with E-state index in [2.05, 4.69) is 5.32 Å². The Morgan fingerprint density at radius 3 is 2.23 bits per heavy atom. The summed E-state index contributed by atoms with van der Waals surface area (Å²) in [6.45, 7) is 0.397. The molecule has 0 aromatic heterocycles. The molecule has 0 saturated carbocycles. The number of hydrogen-bond acceptors (Lipinski definition) is 3. The van der Waals surface area contributed by atoms with Gasteiger partial charge in [0.2, 0.25) is 0 Å². The molecule has 1 heterocycles. The lowest BCUT2D eigenvalue weighted by molar-refractivity contribution is -0.137. The highest BCUT2D eigenvalue weighted by Gasteiger charge is 2.36. The Labute approximate surface area is 169 Å². The molecular weight excluding hydrogens is 404 g/mol. The number of rotatable bonds is 3. The summed E-state index contributed by atoms with van der Waals surface area (Å²) in [6, 6.07) is 7.57. The summed E-state index contributed by atoms with van der Waals surface area (Å²) in [5.74, 6) is -1.45. The van der Waals surface area contributed by atoms with Gasteiger partial charge >= 0.3 is 12.2 Å². The third-order valence-corrected chi connectivity index (χ3v) is 4.70. The van der Waals surface area contributed by atoms with Crippen LogP contribution in [0.15, 0.2) is 36.4 Å². The molecule has 0 atom stereocenters. The van der Waals surface area contributed by atoms with Crippen molar-refractivity contribution in [1.82, 2.24) is 5.32 Å². The van der Waals surface area contributed by atoms with Crippen LogP contribution in [0, 0.1) is 17.1 Å². The fraction of sp³-hybridized carbons (Fsp3) is 0.250. The van der Waals surface area contributed by atoms with Crippen molar-refractivity contribution < 1.29 is 27.2 Å². The molecule has 1 aliphatic rings. The van der Waals surface area contributed by atoms with Crippen LogP contribution in [0.4, 0.5) is 33.7 Å². The summed E-state index contributed by atoms with van der Waals surface area (Å²) in [6.07, 6.45) is -4.33. The second-order valence-corrected chi connectivity index (χ2v) is 6.52. The number of urea groups is 1. The Bertz CT molecular complexity index is 1050. The van der Waals surface area contributed by atoms with Crippen LogP contribution in [0.3, 0.4) is 0 Å². The topological polar surface area (TPSA) is 76.4 Å². The molecular formula is C20H16F4N4O2. The Morgan fingerprint density at radius 1 is 1.10 bits per heavy atom. The summed E-state index contributed by atoms with van der Waals surface area (Å²) in [5.41, 5.74) is -1.70. The molecule has 30 heavy (non-hydrogen) atoms. The molecule has 156 valence electrons. The van der Waals surface area contributed by atoms with Crippen molar-refractivity contribution in [2.75, 3.05) is 29.9 Å². The molecule has 0 spiro atoms. The quantitative estimate of drug-likeness (QED) is 0.765. The molecule has 0 bridgehead atoms. The molecule has 0 unspecified atom stereocenters. The predicted molar refractivity (Wildman–Crippen MR) is 101 cm³/mol. The maximum atomic E-state index is 14.3. The van der Waals surface area contributed by atoms with E-state index in [1.54, 1.807) is 0 Å². The molecule has 1 N–H and O–H groups in total. The van der Waals surface area contributed by atoms with Gasteiger partial charge in [-0.3, -0.25) is 14.6 Å². The number of carbonyl (C=O) groups excluding carboxylic acids is 2. The van der Waals surface area contributed by atoms with Gasteiger partial charge in [0.05, 0.1) is 22.8 Å². The van der Waals surface area contributed by atoms with Gasteiger partial charge in [-0.05, 0) is 42.8 Å². The number of alkyl halides is 3. The lowest BCUT2D eigenvalue weighted by Gasteiger charge is -2.36. The van der Waals surface area contributed by atoms with Crippen molar-refractivity contribution >= 4 is 23.3 Å². The van der Waals surface area contributed by atoms with Crippen molar-refractivity contribution in [3.05, 3.63) is 58.9 Å². The van der Waals surface area contributed by atoms with Crippen LogP contribution in [-0.2, 0) is 6.18 Å². The summed E-state index contributed by atoms with van der Waals surface area (Å²) in [5, 5.41) is 11.2. The first-order valence-corrected chi connectivity index (χ1v) is 8.89. The molecule has 1 saturated heterocycles. The maximum Gasteiger partial charge on any atom is 0.417 e. The van der Waals surface area contributed by atoms with Crippen molar-refractivity contribution in [3.63, 3.8) is 0 Å². The molecule has 6 nitrogen and oxygen atoms in total. The van der Waals surface area contributed by atoms with Gasteiger partial charge in [-0.15, -0.1) is 0 Å². The second-order valence-electron chi connectivity index (χ2n) is 6.52. The molecule has 0 aliphatic carbocycles. The zero-order valence-corrected chi connectivity index (χ0v) is 15.8. The minimum atomic E-state index is -4.75. The minimum absolute atomic E-state index is 0.0153. The molecule has 3 rings (SSSR count). The van der Waals surface area contributed by atoms with Crippen LogP contribution >= 0.6 is 0 Å². The van der Waals surface area contributed by atoms with E-state index in [0.29, 0.717) is 6.42 Å². The number of nitriles is 1. The van der Waals surface area contributed by atoms with Crippen molar-refractivity contribution in [1.29, 1.82) is 5.26 Å². The van der Waals surface area contributed by atoms with Gasteiger partial charge in [-0.2, -0.15) is 18.4 Å². The largest absolute Gasteiger partial charge is 0.417 e. The Morgan fingerprint density at radius 2 is 1.70 bits per heavy atom. The van der Waals surface area contributed by atoms with E-state index in [9.17, 15) is 27.2 Å². The van der Waals surface area contributed by atoms with Gasteiger partial charge in [0.15, 0.2) is 0 Å². The third-order valence-electron chi connectivity index (χ3n) is 4.70.